The minimum atomic E-state index is 0.148. The van der Waals surface area contributed by atoms with E-state index in [1.807, 2.05) is 37.3 Å². The van der Waals surface area contributed by atoms with Gasteiger partial charge < -0.3 is 10.6 Å². The summed E-state index contributed by atoms with van der Waals surface area (Å²) < 4.78 is 0. The SMILES string of the molecule is CC(N)CC(c1ccccc1)N(C)c1ccc(Cl)cc1. The lowest BCUT2D eigenvalue weighted by atomic mass is 9.98. The molecule has 0 aliphatic heterocycles. The molecule has 106 valence electrons. The molecular formula is C17H21ClN2. The van der Waals surface area contributed by atoms with E-state index in [0.717, 1.165) is 17.1 Å². The molecule has 0 aliphatic carbocycles. The molecule has 2 aromatic rings. The van der Waals surface area contributed by atoms with E-state index in [0.29, 0.717) is 0 Å². The van der Waals surface area contributed by atoms with Crippen LogP contribution in [0.2, 0.25) is 5.02 Å². The highest BCUT2D eigenvalue weighted by molar-refractivity contribution is 6.30. The lowest BCUT2D eigenvalue weighted by Gasteiger charge is -2.32. The maximum Gasteiger partial charge on any atom is 0.0553 e. The van der Waals surface area contributed by atoms with Gasteiger partial charge in [0.1, 0.15) is 0 Å². The van der Waals surface area contributed by atoms with Crippen molar-refractivity contribution in [2.45, 2.75) is 25.4 Å². The van der Waals surface area contributed by atoms with Crippen molar-refractivity contribution in [1.82, 2.24) is 0 Å². The van der Waals surface area contributed by atoms with Crippen LogP contribution in [0.4, 0.5) is 5.69 Å². The van der Waals surface area contributed by atoms with Gasteiger partial charge in [-0.1, -0.05) is 41.9 Å². The summed E-state index contributed by atoms with van der Waals surface area (Å²) in [5, 5.41) is 0.755. The fraction of sp³-hybridized carbons (Fsp3) is 0.294. The van der Waals surface area contributed by atoms with Crippen LogP contribution in [0.15, 0.2) is 54.6 Å². The molecule has 3 heteroatoms. The number of anilines is 1. The second-order valence-electron chi connectivity index (χ2n) is 5.23. The van der Waals surface area contributed by atoms with Crippen molar-refractivity contribution in [2.75, 3.05) is 11.9 Å². The summed E-state index contributed by atoms with van der Waals surface area (Å²) in [5.41, 5.74) is 8.45. The monoisotopic (exact) mass is 288 g/mol. The molecule has 2 rings (SSSR count). The lowest BCUT2D eigenvalue weighted by molar-refractivity contribution is 0.545. The van der Waals surface area contributed by atoms with Crippen LogP contribution < -0.4 is 10.6 Å². The summed E-state index contributed by atoms with van der Waals surface area (Å²) in [6.45, 7) is 2.05. The number of benzene rings is 2. The van der Waals surface area contributed by atoms with Crippen molar-refractivity contribution in [2.24, 2.45) is 5.73 Å². The Morgan fingerprint density at radius 2 is 1.65 bits per heavy atom. The minimum Gasteiger partial charge on any atom is -0.367 e. The third-order valence-corrected chi connectivity index (χ3v) is 3.73. The zero-order valence-electron chi connectivity index (χ0n) is 12.0. The van der Waals surface area contributed by atoms with Crippen molar-refractivity contribution in [3.05, 3.63) is 65.2 Å². The molecule has 0 aromatic heterocycles. The van der Waals surface area contributed by atoms with Gasteiger partial charge in [-0.3, -0.25) is 0 Å². The van der Waals surface area contributed by atoms with Crippen LogP contribution in [-0.2, 0) is 0 Å². The van der Waals surface area contributed by atoms with Gasteiger partial charge in [-0.2, -0.15) is 0 Å². The van der Waals surface area contributed by atoms with E-state index in [2.05, 4.69) is 36.2 Å². The average Bonchev–Trinajstić information content (AvgIpc) is 2.45. The van der Waals surface area contributed by atoms with Crippen LogP contribution in [-0.4, -0.2) is 13.1 Å². The van der Waals surface area contributed by atoms with Gasteiger partial charge >= 0.3 is 0 Å². The van der Waals surface area contributed by atoms with Crippen LogP contribution in [0.25, 0.3) is 0 Å². The quantitative estimate of drug-likeness (QED) is 0.891. The van der Waals surface area contributed by atoms with Gasteiger partial charge in [0.2, 0.25) is 0 Å². The first kappa shape index (κ1) is 14.9. The van der Waals surface area contributed by atoms with Gasteiger partial charge in [0, 0.05) is 23.8 Å². The van der Waals surface area contributed by atoms with Crippen molar-refractivity contribution in [1.29, 1.82) is 0 Å². The molecule has 20 heavy (non-hydrogen) atoms. The molecular weight excluding hydrogens is 268 g/mol. The van der Waals surface area contributed by atoms with Crippen LogP contribution in [0.1, 0.15) is 24.9 Å². The van der Waals surface area contributed by atoms with E-state index in [-0.39, 0.29) is 12.1 Å². The molecule has 0 spiro atoms. The zero-order valence-corrected chi connectivity index (χ0v) is 12.7. The van der Waals surface area contributed by atoms with E-state index in [1.54, 1.807) is 0 Å². The maximum absolute atomic E-state index is 6.02. The summed E-state index contributed by atoms with van der Waals surface area (Å²) in [6, 6.07) is 18.8. The summed E-state index contributed by atoms with van der Waals surface area (Å²) in [7, 11) is 2.10. The largest absolute Gasteiger partial charge is 0.367 e. The second kappa shape index (κ2) is 6.78. The van der Waals surface area contributed by atoms with Crippen molar-refractivity contribution >= 4 is 17.3 Å². The first-order valence-electron chi connectivity index (χ1n) is 6.87. The Kier molecular flexibility index (Phi) is 5.05. The van der Waals surface area contributed by atoms with Gasteiger partial charge in [0.25, 0.3) is 0 Å². The molecule has 0 heterocycles. The highest BCUT2D eigenvalue weighted by atomic mass is 35.5. The normalized spacial score (nSPS) is 13.8. The minimum absolute atomic E-state index is 0.148. The van der Waals surface area contributed by atoms with Gasteiger partial charge in [0.15, 0.2) is 0 Å². The molecule has 2 unspecified atom stereocenters. The third-order valence-electron chi connectivity index (χ3n) is 3.48. The molecule has 0 radical (unpaired) electrons. The van der Waals surface area contributed by atoms with Gasteiger partial charge in [-0.15, -0.1) is 0 Å². The first-order valence-corrected chi connectivity index (χ1v) is 7.24. The molecule has 0 bridgehead atoms. The highest BCUT2D eigenvalue weighted by Gasteiger charge is 2.18. The zero-order chi connectivity index (χ0) is 14.5. The Balaban J connectivity index is 2.28. The lowest BCUT2D eigenvalue weighted by Crippen LogP contribution is -2.30. The smallest absolute Gasteiger partial charge is 0.0553 e. The molecule has 0 saturated heterocycles. The predicted molar refractivity (Wildman–Crippen MR) is 87.3 cm³/mol. The summed E-state index contributed by atoms with van der Waals surface area (Å²) in [5.74, 6) is 0. The average molecular weight is 289 g/mol. The van der Waals surface area contributed by atoms with Gasteiger partial charge in [0.05, 0.1) is 6.04 Å². The number of hydrogen-bond acceptors (Lipinski definition) is 2. The van der Waals surface area contributed by atoms with Gasteiger partial charge in [-0.25, -0.2) is 0 Å². The number of hydrogen-bond donors (Lipinski definition) is 1. The summed E-state index contributed by atoms with van der Waals surface area (Å²) in [4.78, 5) is 2.26. The van der Waals surface area contributed by atoms with E-state index in [4.69, 9.17) is 17.3 Å². The molecule has 2 atom stereocenters. The number of nitrogens with zero attached hydrogens (tertiary/aromatic N) is 1. The van der Waals surface area contributed by atoms with E-state index in [9.17, 15) is 0 Å². The Labute approximate surface area is 126 Å². The first-order chi connectivity index (χ1) is 9.58. The van der Waals surface area contributed by atoms with Gasteiger partial charge in [-0.05, 0) is 43.2 Å². The Hall–Kier alpha value is -1.51. The third kappa shape index (κ3) is 3.75. The Bertz CT molecular complexity index is 522. The molecule has 0 aliphatic rings. The number of rotatable bonds is 5. The molecule has 0 amide bonds. The molecule has 2 aromatic carbocycles. The van der Waals surface area contributed by atoms with E-state index >= 15 is 0 Å². The summed E-state index contributed by atoms with van der Waals surface area (Å²) in [6.07, 6.45) is 0.906. The van der Waals surface area contributed by atoms with E-state index < -0.39 is 0 Å². The second-order valence-corrected chi connectivity index (χ2v) is 5.66. The molecule has 2 N–H and O–H groups in total. The molecule has 0 fully saturated rings. The van der Waals surface area contributed by atoms with Crippen molar-refractivity contribution in [3.8, 4) is 0 Å². The van der Waals surface area contributed by atoms with Crippen molar-refractivity contribution in [3.63, 3.8) is 0 Å². The molecule has 2 nitrogen and oxygen atoms in total. The summed E-state index contributed by atoms with van der Waals surface area (Å²) >= 11 is 5.96. The maximum atomic E-state index is 6.02. The van der Waals surface area contributed by atoms with Crippen LogP contribution in [0.5, 0.6) is 0 Å². The van der Waals surface area contributed by atoms with Crippen molar-refractivity contribution < 1.29 is 0 Å². The van der Waals surface area contributed by atoms with E-state index in [1.165, 1.54) is 5.56 Å². The fourth-order valence-electron chi connectivity index (χ4n) is 2.40. The van der Waals surface area contributed by atoms with Crippen LogP contribution in [0, 0.1) is 0 Å². The fourth-order valence-corrected chi connectivity index (χ4v) is 2.53. The topological polar surface area (TPSA) is 29.3 Å². The predicted octanol–water partition coefficient (Wildman–Crippen LogP) is 4.25. The Morgan fingerprint density at radius 3 is 2.20 bits per heavy atom. The molecule has 0 saturated carbocycles. The standard InChI is InChI=1S/C17H21ClN2/c1-13(19)12-17(14-6-4-3-5-7-14)20(2)16-10-8-15(18)9-11-16/h3-11,13,17H,12,19H2,1-2H3. The number of halogens is 1. The van der Waals surface area contributed by atoms with Crippen LogP contribution >= 0.6 is 11.6 Å². The number of nitrogens with two attached hydrogens (primary N) is 1. The Morgan fingerprint density at radius 1 is 1.05 bits per heavy atom. The highest BCUT2D eigenvalue weighted by Crippen LogP contribution is 2.29. The van der Waals surface area contributed by atoms with Crippen LogP contribution in [0.3, 0.4) is 0 Å².